The molecule has 194 valence electrons. The molecule has 1 amide bonds. The minimum atomic E-state index is -2.78. The number of pyridine rings is 2. The molecule has 0 aromatic carbocycles. The van der Waals surface area contributed by atoms with E-state index in [1.165, 1.54) is 37.3 Å². The van der Waals surface area contributed by atoms with Gasteiger partial charge in [0.25, 0.3) is 12.3 Å². The fourth-order valence-electron chi connectivity index (χ4n) is 3.95. The Morgan fingerprint density at radius 3 is 2.70 bits per heavy atom. The fraction of sp³-hybridized carbons (Fsp3) is 0.400. The van der Waals surface area contributed by atoms with Crippen LogP contribution in [0.5, 0.6) is 5.75 Å². The number of halogens is 2. The van der Waals surface area contributed by atoms with E-state index in [9.17, 15) is 13.6 Å². The first-order valence-corrected chi connectivity index (χ1v) is 12.7. The number of methoxy groups -OCH3 is 1. The van der Waals surface area contributed by atoms with Gasteiger partial charge in [0.05, 0.1) is 36.9 Å². The van der Waals surface area contributed by atoms with Crippen molar-refractivity contribution in [2.24, 2.45) is 5.92 Å². The van der Waals surface area contributed by atoms with Gasteiger partial charge in [-0.15, -0.1) is 0 Å². The van der Waals surface area contributed by atoms with E-state index in [1.54, 1.807) is 6.07 Å². The molecule has 0 spiro atoms. The number of nitrogens with zero attached hydrogens (tertiary/aromatic N) is 4. The largest absolute Gasteiger partial charge is 0.494 e. The van der Waals surface area contributed by atoms with Crippen LogP contribution in [0.3, 0.4) is 0 Å². The first kappa shape index (κ1) is 25.3. The van der Waals surface area contributed by atoms with Crippen molar-refractivity contribution in [1.82, 2.24) is 35.9 Å². The molecule has 2 atom stereocenters. The van der Waals surface area contributed by atoms with Crippen molar-refractivity contribution >= 4 is 23.4 Å². The maximum Gasteiger partial charge on any atom is 0.280 e. The summed E-state index contributed by atoms with van der Waals surface area (Å²) in [6, 6.07) is 2.95. The Balaban J connectivity index is 1.48. The van der Waals surface area contributed by atoms with Crippen LogP contribution in [0.15, 0.2) is 30.7 Å². The summed E-state index contributed by atoms with van der Waals surface area (Å²) >= 11 is 1.48. The van der Waals surface area contributed by atoms with Crippen LogP contribution in [0.25, 0.3) is 16.8 Å². The minimum absolute atomic E-state index is 0.0999. The van der Waals surface area contributed by atoms with E-state index in [4.69, 9.17) is 4.74 Å². The maximum atomic E-state index is 13.5. The van der Waals surface area contributed by atoms with Gasteiger partial charge in [0.15, 0.2) is 0 Å². The second-order valence-corrected chi connectivity index (χ2v) is 10.2. The molecule has 4 heterocycles. The molecule has 1 saturated carbocycles. The summed E-state index contributed by atoms with van der Waals surface area (Å²) in [5, 5.41) is 7.95. The van der Waals surface area contributed by atoms with Gasteiger partial charge >= 0.3 is 0 Å². The molecule has 1 saturated heterocycles. The molecule has 12 heteroatoms. The van der Waals surface area contributed by atoms with Crippen molar-refractivity contribution in [3.63, 3.8) is 0 Å². The Labute approximate surface area is 218 Å². The highest BCUT2D eigenvalue weighted by atomic mass is 32.2. The van der Waals surface area contributed by atoms with E-state index in [2.05, 4.69) is 37.9 Å². The number of carbonyl (C=O) groups is 1. The van der Waals surface area contributed by atoms with Crippen molar-refractivity contribution < 1.29 is 18.3 Å². The number of amides is 1. The first-order chi connectivity index (χ1) is 17.8. The van der Waals surface area contributed by atoms with Gasteiger partial charge in [-0.05, 0) is 25.0 Å². The lowest BCUT2D eigenvalue weighted by atomic mass is 9.98. The zero-order valence-electron chi connectivity index (χ0n) is 20.6. The quantitative estimate of drug-likeness (QED) is 0.491. The van der Waals surface area contributed by atoms with Crippen molar-refractivity contribution in [2.75, 3.05) is 27.9 Å². The minimum Gasteiger partial charge on any atom is -0.494 e. The van der Waals surface area contributed by atoms with Crippen LogP contribution < -0.4 is 20.8 Å². The lowest BCUT2D eigenvalue weighted by Gasteiger charge is -2.17. The third kappa shape index (κ3) is 5.64. The van der Waals surface area contributed by atoms with E-state index >= 15 is 0 Å². The predicted octanol–water partition coefficient (Wildman–Crippen LogP) is 2.82. The van der Waals surface area contributed by atoms with Crippen LogP contribution in [-0.4, -0.2) is 64.5 Å². The zero-order valence-corrected chi connectivity index (χ0v) is 21.4. The number of alkyl halides is 2. The number of hydrazine groups is 1. The van der Waals surface area contributed by atoms with Crippen LogP contribution in [0.1, 0.15) is 41.0 Å². The van der Waals surface area contributed by atoms with Gasteiger partial charge in [-0.1, -0.05) is 23.6 Å². The number of carbonyl (C=O) groups excluding carboxylic acids is 1. The Bertz CT molecular complexity index is 1290. The highest BCUT2D eigenvalue weighted by Gasteiger charge is 2.31. The maximum absolute atomic E-state index is 13.5. The number of hydrogen-bond acceptors (Lipinski definition) is 9. The number of nitrogens with one attached hydrogen (secondary N) is 3. The summed E-state index contributed by atoms with van der Waals surface area (Å²) in [6.07, 6.45) is 4.09. The molecule has 2 aliphatic heterocycles. The van der Waals surface area contributed by atoms with Crippen molar-refractivity contribution in [2.45, 2.75) is 30.1 Å². The average Bonchev–Trinajstić information content (AvgIpc) is 3.52. The van der Waals surface area contributed by atoms with Crippen molar-refractivity contribution in [1.29, 1.82) is 0 Å². The number of ether oxygens (including phenoxy) is 1. The average molecular weight is 528 g/mol. The molecule has 2 aromatic heterocycles. The van der Waals surface area contributed by atoms with E-state index in [1.807, 2.05) is 30.2 Å². The zero-order chi connectivity index (χ0) is 26.1. The molecule has 2 unspecified atom stereocenters. The number of rotatable bonds is 6. The SMILES string of the molecule is COc1cnc(C(F)F)cc1-c1cc(C2=CN(C)CN2)ncc1C(=O)NC1NN(C)C(C#CC2CC2)S1. The molecule has 2 aromatic rings. The van der Waals surface area contributed by atoms with Crippen molar-refractivity contribution in [3.05, 3.63) is 47.7 Å². The summed E-state index contributed by atoms with van der Waals surface area (Å²) in [5.74, 6) is 6.84. The van der Waals surface area contributed by atoms with Gasteiger partial charge in [-0.3, -0.25) is 14.8 Å². The molecule has 0 bridgehead atoms. The molecule has 9 nitrogen and oxygen atoms in total. The van der Waals surface area contributed by atoms with Crippen LogP contribution in [0, 0.1) is 17.8 Å². The lowest BCUT2D eigenvalue weighted by Crippen LogP contribution is -2.44. The summed E-state index contributed by atoms with van der Waals surface area (Å²) in [6.45, 7) is 0.603. The Kier molecular flexibility index (Phi) is 7.19. The smallest absolute Gasteiger partial charge is 0.280 e. The van der Waals surface area contributed by atoms with Crippen LogP contribution in [-0.2, 0) is 0 Å². The van der Waals surface area contributed by atoms with Crippen molar-refractivity contribution in [3.8, 4) is 28.7 Å². The Hall–Kier alpha value is -3.40. The molecule has 37 heavy (non-hydrogen) atoms. The summed E-state index contributed by atoms with van der Waals surface area (Å²) in [5.41, 5.74) is 4.63. The molecule has 2 fully saturated rings. The lowest BCUT2D eigenvalue weighted by molar-refractivity contribution is 0.0934. The van der Waals surface area contributed by atoms with E-state index in [-0.39, 0.29) is 16.7 Å². The summed E-state index contributed by atoms with van der Waals surface area (Å²) in [7, 11) is 5.22. The second-order valence-electron chi connectivity index (χ2n) is 9.00. The van der Waals surface area contributed by atoms with E-state index in [0.29, 0.717) is 29.4 Å². The van der Waals surface area contributed by atoms with Gasteiger partial charge in [0.2, 0.25) is 0 Å². The number of aromatic nitrogens is 2. The van der Waals surface area contributed by atoms with Gasteiger partial charge in [-0.2, -0.15) is 0 Å². The van der Waals surface area contributed by atoms with Gasteiger partial charge in [0, 0.05) is 43.5 Å². The van der Waals surface area contributed by atoms with Crippen LogP contribution >= 0.6 is 11.8 Å². The highest BCUT2D eigenvalue weighted by molar-refractivity contribution is 8.00. The third-order valence-electron chi connectivity index (χ3n) is 6.10. The normalized spacial score (nSPS) is 21.4. The topological polar surface area (TPSA) is 94.6 Å². The van der Waals surface area contributed by atoms with E-state index in [0.717, 1.165) is 18.5 Å². The first-order valence-electron chi connectivity index (χ1n) is 11.8. The predicted molar refractivity (Wildman–Crippen MR) is 137 cm³/mol. The molecule has 3 aliphatic rings. The fourth-order valence-corrected chi connectivity index (χ4v) is 4.99. The van der Waals surface area contributed by atoms with Gasteiger partial charge in [0.1, 0.15) is 22.3 Å². The molecule has 3 N–H and O–H groups in total. The molecular weight excluding hydrogens is 500 g/mol. The molecule has 0 radical (unpaired) electrons. The molecule has 5 rings (SSSR count). The van der Waals surface area contributed by atoms with Gasteiger partial charge < -0.3 is 20.3 Å². The van der Waals surface area contributed by atoms with Crippen LogP contribution in [0.2, 0.25) is 0 Å². The third-order valence-corrected chi connectivity index (χ3v) is 7.29. The Morgan fingerprint density at radius 2 is 2.03 bits per heavy atom. The van der Waals surface area contributed by atoms with Crippen LogP contribution in [0.4, 0.5) is 8.78 Å². The van der Waals surface area contributed by atoms with E-state index < -0.39 is 23.5 Å². The monoisotopic (exact) mass is 527 g/mol. The standard InChI is InChI=1S/C25H27F2N7O2S/c1-33-12-20(30-13-33)18-8-15(16-9-19(23(26)27)29-11-21(16)36-3)17(10-28-18)24(35)31-25-32-34(2)22(37-25)7-6-14-4-5-14/h8-12,14,22-23,25,30,32H,4-5,13H2,1-3H3,(H,31,35). The number of hydrogen-bond donors (Lipinski definition) is 3. The highest BCUT2D eigenvalue weighted by Crippen LogP contribution is 2.36. The second kappa shape index (κ2) is 10.5. The Morgan fingerprint density at radius 1 is 1.22 bits per heavy atom. The summed E-state index contributed by atoms with van der Waals surface area (Å²) < 4.78 is 32.5. The molecule has 1 aliphatic carbocycles. The number of thioether (sulfide) groups is 1. The van der Waals surface area contributed by atoms with Gasteiger partial charge in [-0.25, -0.2) is 19.2 Å². The molecular formula is C25H27F2N7O2S. The summed E-state index contributed by atoms with van der Waals surface area (Å²) in [4.78, 5) is 23.7.